The second kappa shape index (κ2) is 11.2. The average molecular weight is 582 g/mol. The number of carboxylic acid groups (broad SMARTS) is 1. The van der Waals surface area contributed by atoms with Gasteiger partial charge in [0.2, 0.25) is 10.0 Å². The first kappa shape index (κ1) is 31.5. The summed E-state index contributed by atoms with van der Waals surface area (Å²) >= 11 is 0. The zero-order valence-electron chi connectivity index (χ0n) is 20.4. The monoisotopic (exact) mass is 581 g/mol. The van der Waals surface area contributed by atoms with Gasteiger partial charge in [0.25, 0.3) is 0 Å². The van der Waals surface area contributed by atoms with Crippen LogP contribution < -0.4 is 10.5 Å². The van der Waals surface area contributed by atoms with Gasteiger partial charge in [-0.3, -0.25) is 0 Å². The third-order valence-corrected chi connectivity index (χ3v) is 6.49. The number of carbonyl (C=O) groups is 1. The number of aliphatic carboxylic acids is 1. The molecule has 0 saturated heterocycles. The number of anilines is 1. The third-order valence-electron chi connectivity index (χ3n) is 4.67. The van der Waals surface area contributed by atoms with Crippen LogP contribution in [0, 0.1) is 5.82 Å². The highest BCUT2D eigenvalue weighted by Crippen LogP contribution is 2.37. The zero-order chi connectivity index (χ0) is 30.0. The van der Waals surface area contributed by atoms with Gasteiger partial charge < -0.3 is 10.8 Å². The van der Waals surface area contributed by atoms with Crippen molar-refractivity contribution in [1.82, 2.24) is 9.71 Å². The molecular formula is C24H22F7N3O4S. The Balaban J connectivity index is 0.000000673. The van der Waals surface area contributed by atoms with Gasteiger partial charge in [0, 0.05) is 28.4 Å². The number of sulfonamides is 1. The lowest BCUT2D eigenvalue weighted by Gasteiger charge is -2.21. The average Bonchev–Trinajstić information content (AvgIpc) is 2.77. The number of carboxylic acids is 1. The Morgan fingerprint density at radius 3 is 1.97 bits per heavy atom. The first-order valence-corrected chi connectivity index (χ1v) is 12.2. The number of nitrogens with zero attached hydrogens (tertiary/aromatic N) is 1. The van der Waals surface area contributed by atoms with Gasteiger partial charge in [-0.05, 0) is 44.5 Å². The van der Waals surface area contributed by atoms with Crippen LogP contribution in [0.5, 0.6) is 0 Å². The highest BCUT2D eigenvalue weighted by molar-refractivity contribution is 7.89. The van der Waals surface area contributed by atoms with Crippen LogP contribution in [-0.4, -0.2) is 36.2 Å². The molecule has 0 atom stereocenters. The van der Waals surface area contributed by atoms with Gasteiger partial charge in [0.1, 0.15) is 11.6 Å². The topological polar surface area (TPSA) is 122 Å². The van der Waals surface area contributed by atoms with Crippen molar-refractivity contribution in [2.75, 3.05) is 5.73 Å². The lowest BCUT2D eigenvalue weighted by atomic mass is 9.99. The summed E-state index contributed by atoms with van der Waals surface area (Å²) in [5.41, 5.74) is 3.68. The summed E-state index contributed by atoms with van der Waals surface area (Å²) in [6.45, 7) is 5.08. The number of rotatable bonds is 4. The molecule has 2 aromatic carbocycles. The van der Waals surface area contributed by atoms with Crippen molar-refractivity contribution < 1.29 is 49.1 Å². The van der Waals surface area contributed by atoms with E-state index >= 15 is 0 Å². The van der Waals surface area contributed by atoms with Crippen LogP contribution in [0.25, 0.3) is 22.3 Å². The Labute approximate surface area is 218 Å². The van der Waals surface area contributed by atoms with Gasteiger partial charge in [-0.25, -0.2) is 27.3 Å². The van der Waals surface area contributed by atoms with Gasteiger partial charge in [-0.15, -0.1) is 0 Å². The fraction of sp³-hybridized carbons (Fsp3) is 0.250. The molecule has 0 fully saturated rings. The molecule has 39 heavy (non-hydrogen) atoms. The van der Waals surface area contributed by atoms with E-state index in [-0.39, 0.29) is 27.1 Å². The highest BCUT2D eigenvalue weighted by atomic mass is 32.2. The van der Waals surface area contributed by atoms with Crippen molar-refractivity contribution in [3.8, 4) is 22.3 Å². The first-order valence-electron chi connectivity index (χ1n) is 10.7. The van der Waals surface area contributed by atoms with Gasteiger partial charge >= 0.3 is 18.3 Å². The molecule has 0 radical (unpaired) electrons. The molecule has 0 amide bonds. The summed E-state index contributed by atoms with van der Waals surface area (Å²) in [5.74, 6) is -4.30. The molecular weight excluding hydrogens is 559 g/mol. The molecule has 4 N–H and O–H groups in total. The molecule has 0 unspecified atom stereocenters. The lowest BCUT2D eigenvalue weighted by Crippen LogP contribution is -2.40. The third kappa shape index (κ3) is 8.38. The molecule has 1 heterocycles. The Hall–Kier alpha value is -3.72. The maximum absolute atomic E-state index is 14.9. The highest BCUT2D eigenvalue weighted by Gasteiger charge is 2.38. The largest absolute Gasteiger partial charge is 0.490 e. The molecule has 3 rings (SSSR count). The molecule has 0 bridgehead atoms. The van der Waals surface area contributed by atoms with Crippen molar-refractivity contribution in [3.05, 3.63) is 66.1 Å². The normalized spacial score (nSPS) is 12.5. The Morgan fingerprint density at radius 1 is 0.923 bits per heavy atom. The maximum Gasteiger partial charge on any atom is 0.490 e. The minimum atomic E-state index is -5.08. The van der Waals surface area contributed by atoms with Crippen LogP contribution in [0.3, 0.4) is 0 Å². The number of nitrogens with two attached hydrogens (primary N) is 1. The van der Waals surface area contributed by atoms with E-state index in [1.165, 1.54) is 24.3 Å². The number of benzene rings is 2. The maximum atomic E-state index is 14.9. The van der Waals surface area contributed by atoms with E-state index in [0.717, 1.165) is 18.3 Å². The second-order valence-electron chi connectivity index (χ2n) is 9.00. The molecule has 3 aromatic rings. The van der Waals surface area contributed by atoms with Crippen molar-refractivity contribution in [1.29, 1.82) is 0 Å². The van der Waals surface area contributed by atoms with Crippen LogP contribution >= 0.6 is 0 Å². The minimum Gasteiger partial charge on any atom is -0.475 e. The van der Waals surface area contributed by atoms with Crippen LogP contribution in [0.4, 0.5) is 36.6 Å². The number of pyridine rings is 1. The minimum absolute atomic E-state index is 0.0458. The smallest absolute Gasteiger partial charge is 0.475 e. The van der Waals surface area contributed by atoms with Crippen molar-refractivity contribution in [2.45, 2.75) is 43.6 Å². The molecule has 0 aliphatic heterocycles. The number of nitrogen functional groups attached to an aromatic ring is 1. The fourth-order valence-electron chi connectivity index (χ4n) is 3.16. The number of nitrogens with one attached hydrogen (secondary N) is 1. The molecule has 212 valence electrons. The molecule has 0 saturated carbocycles. The van der Waals surface area contributed by atoms with Gasteiger partial charge in [0.15, 0.2) is 0 Å². The van der Waals surface area contributed by atoms with Crippen LogP contribution in [0.1, 0.15) is 26.3 Å². The standard InChI is InChI=1S/C22H21F4N3O2S.C2HF3O2/c1-21(2,3)29-32(30,31)19-7-5-4-6-16(19)13-8-9-15(18(23)11-13)14-10-17(22(24,25)26)20(27)28-12-14;3-2(4,5)1(6)7/h4-12,29H,1-3H3,(H2,27,28);(H,6,7). The van der Waals surface area contributed by atoms with Crippen LogP contribution in [0.15, 0.2) is 59.6 Å². The van der Waals surface area contributed by atoms with E-state index in [9.17, 15) is 39.2 Å². The zero-order valence-corrected chi connectivity index (χ0v) is 21.3. The summed E-state index contributed by atoms with van der Waals surface area (Å²) in [4.78, 5) is 12.4. The molecule has 0 aliphatic carbocycles. The number of halogens is 7. The van der Waals surface area contributed by atoms with Crippen molar-refractivity contribution in [2.24, 2.45) is 0 Å². The second-order valence-corrected chi connectivity index (χ2v) is 10.7. The predicted molar refractivity (Wildman–Crippen MR) is 128 cm³/mol. The van der Waals surface area contributed by atoms with E-state index in [1.807, 2.05) is 0 Å². The summed E-state index contributed by atoms with van der Waals surface area (Å²) in [6.07, 6.45) is -8.77. The fourth-order valence-corrected chi connectivity index (χ4v) is 4.81. The molecule has 1 aromatic heterocycles. The Kier molecular flexibility index (Phi) is 9.03. The number of alkyl halides is 6. The van der Waals surface area contributed by atoms with E-state index < -0.39 is 51.1 Å². The van der Waals surface area contributed by atoms with E-state index in [4.69, 9.17) is 15.6 Å². The van der Waals surface area contributed by atoms with Crippen LogP contribution in [-0.2, 0) is 21.0 Å². The SMILES string of the molecule is CC(C)(C)NS(=O)(=O)c1ccccc1-c1ccc(-c2cnc(N)c(C(F)(F)F)c2)c(F)c1.O=C(O)C(F)(F)F. The van der Waals surface area contributed by atoms with Gasteiger partial charge in [-0.1, -0.05) is 30.3 Å². The van der Waals surface area contributed by atoms with E-state index in [0.29, 0.717) is 0 Å². The number of hydrogen-bond acceptors (Lipinski definition) is 5. The summed E-state index contributed by atoms with van der Waals surface area (Å²) in [7, 11) is -3.92. The molecule has 0 aliphatic rings. The molecule has 0 spiro atoms. The van der Waals surface area contributed by atoms with E-state index in [2.05, 4.69) is 9.71 Å². The summed E-state index contributed by atoms with van der Waals surface area (Å²) < 4.78 is 114. The Bertz CT molecular complexity index is 1470. The quantitative estimate of drug-likeness (QED) is 0.332. The molecule has 15 heteroatoms. The van der Waals surface area contributed by atoms with Crippen molar-refractivity contribution >= 4 is 21.8 Å². The number of aromatic nitrogens is 1. The summed E-state index contributed by atoms with van der Waals surface area (Å²) in [5, 5.41) is 7.12. The van der Waals surface area contributed by atoms with Gasteiger partial charge in [0.05, 0.1) is 10.5 Å². The predicted octanol–water partition coefficient (Wildman–Crippen LogP) is 5.87. The lowest BCUT2D eigenvalue weighted by molar-refractivity contribution is -0.192. The summed E-state index contributed by atoms with van der Waals surface area (Å²) in [6, 6.07) is 10.6. The Morgan fingerprint density at radius 2 is 1.49 bits per heavy atom. The van der Waals surface area contributed by atoms with Crippen molar-refractivity contribution in [3.63, 3.8) is 0 Å². The number of hydrogen-bond donors (Lipinski definition) is 3. The van der Waals surface area contributed by atoms with E-state index in [1.54, 1.807) is 32.9 Å². The van der Waals surface area contributed by atoms with Crippen LogP contribution in [0.2, 0.25) is 0 Å². The first-order chi connectivity index (χ1) is 17.6. The molecule has 7 nitrogen and oxygen atoms in total. The van der Waals surface area contributed by atoms with Gasteiger partial charge in [-0.2, -0.15) is 26.3 Å².